The molecule has 0 radical (unpaired) electrons. The Hall–Kier alpha value is -1.58. The van der Waals surface area contributed by atoms with E-state index in [4.69, 9.17) is 4.74 Å². The fourth-order valence-electron chi connectivity index (χ4n) is 4.19. The van der Waals surface area contributed by atoms with E-state index in [9.17, 15) is 9.59 Å². The van der Waals surface area contributed by atoms with Crippen molar-refractivity contribution in [3.05, 3.63) is 33.7 Å². The molecule has 114 valence electrons. The van der Waals surface area contributed by atoms with Gasteiger partial charge in [0.15, 0.2) is 0 Å². The van der Waals surface area contributed by atoms with Crippen molar-refractivity contribution in [1.82, 2.24) is 4.98 Å². The second-order valence-corrected chi connectivity index (χ2v) is 7.28. The van der Waals surface area contributed by atoms with Gasteiger partial charge in [-0.3, -0.25) is 4.79 Å². The van der Waals surface area contributed by atoms with Gasteiger partial charge in [0.25, 0.3) is 5.56 Å². The third kappa shape index (κ3) is 2.21. The molecule has 1 aromatic rings. The van der Waals surface area contributed by atoms with Gasteiger partial charge in [-0.1, -0.05) is 20.8 Å². The third-order valence-corrected chi connectivity index (χ3v) is 5.82. The monoisotopic (exact) mass is 289 g/mol. The molecule has 0 spiro atoms. The van der Waals surface area contributed by atoms with Crippen molar-refractivity contribution in [2.24, 2.45) is 23.2 Å². The van der Waals surface area contributed by atoms with Crippen LogP contribution in [0.4, 0.5) is 0 Å². The zero-order valence-electron chi connectivity index (χ0n) is 13.1. The van der Waals surface area contributed by atoms with Crippen LogP contribution in [0, 0.1) is 30.1 Å². The highest BCUT2D eigenvalue weighted by molar-refractivity contribution is 5.89. The number of rotatable bonds is 2. The number of carbonyl (C=O) groups excluding carboxylic acids is 1. The van der Waals surface area contributed by atoms with Crippen LogP contribution >= 0.6 is 0 Å². The van der Waals surface area contributed by atoms with E-state index in [0.717, 1.165) is 12.1 Å². The SMILES string of the molecule is Cc1ccc(C(=O)O[C@H]2C[C@H]3C[C@@H]([C@H]2C)C3(C)C)c(=O)[nH]1. The van der Waals surface area contributed by atoms with E-state index in [0.29, 0.717) is 23.2 Å². The number of ether oxygens (including phenoxy) is 1. The Labute approximate surface area is 124 Å². The van der Waals surface area contributed by atoms with Crippen molar-refractivity contribution in [2.45, 2.75) is 46.6 Å². The summed E-state index contributed by atoms with van der Waals surface area (Å²) < 4.78 is 5.65. The summed E-state index contributed by atoms with van der Waals surface area (Å²) >= 11 is 0. The summed E-state index contributed by atoms with van der Waals surface area (Å²) in [7, 11) is 0. The van der Waals surface area contributed by atoms with Crippen LogP contribution in [0.1, 0.15) is 49.7 Å². The summed E-state index contributed by atoms with van der Waals surface area (Å²) in [6, 6.07) is 3.28. The molecule has 0 amide bonds. The number of pyridine rings is 1. The average Bonchev–Trinajstić information content (AvgIpc) is 2.40. The molecule has 4 heteroatoms. The van der Waals surface area contributed by atoms with Crippen molar-refractivity contribution < 1.29 is 9.53 Å². The number of nitrogens with one attached hydrogen (secondary N) is 1. The lowest BCUT2D eigenvalue weighted by Gasteiger charge is -2.61. The number of aromatic nitrogens is 1. The Morgan fingerprint density at radius 1 is 1.33 bits per heavy atom. The van der Waals surface area contributed by atoms with Gasteiger partial charge in [-0.25, -0.2) is 4.79 Å². The lowest BCUT2D eigenvalue weighted by Crippen LogP contribution is -2.57. The zero-order chi connectivity index (χ0) is 15.4. The summed E-state index contributed by atoms with van der Waals surface area (Å²) in [6.45, 7) is 8.57. The van der Waals surface area contributed by atoms with Crippen LogP contribution in [0.3, 0.4) is 0 Å². The van der Waals surface area contributed by atoms with Crippen LogP contribution in [0.2, 0.25) is 0 Å². The van der Waals surface area contributed by atoms with Crippen LogP contribution in [-0.2, 0) is 4.74 Å². The summed E-state index contributed by atoms with van der Waals surface area (Å²) in [4.78, 5) is 26.7. The van der Waals surface area contributed by atoms with Crippen molar-refractivity contribution in [2.75, 3.05) is 0 Å². The van der Waals surface area contributed by atoms with Crippen LogP contribution in [0.15, 0.2) is 16.9 Å². The molecule has 1 N–H and O–H groups in total. The van der Waals surface area contributed by atoms with E-state index in [1.165, 1.54) is 6.42 Å². The topological polar surface area (TPSA) is 59.2 Å². The summed E-state index contributed by atoms with van der Waals surface area (Å²) in [5.41, 5.74) is 0.842. The first kappa shape index (κ1) is 14.4. The lowest BCUT2D eigenvalue weighted by atomic mass is 9.45. The van der Waals surface area contributed by atoms with Crippen molar-refractivity contribution in [3.8, 4) is 0 Å². The molecule has 4 atom stereocenters. The molecular formula is C17H23NO3. The summed E-state index contributed by atoms with van der Waals surface area (Å²) in [5, 5.41) is 0. The quantitative estimate of drug-likeness (QED) is 0.852. The summed E-state index contributed by atoms with van der Waals surface area (Å²) in [5.74, 6) is 1.11. The molecule has 3 aliphatic rings. The number of fused-ring (bicyclic) bond motifs is 2. The number of hydrogen-bond donors (Lipinski definition) is 1. The van der Waals surface area contributed by atoms with Crippen LogP contribution in [0.25, 0.3) is 0 Å². The molecule has 3 fully saturated rings. The second kappa shape index (κ2) is 4.72. The maximum absolute atomic E-state index is 12.2. The Morgan fingerprint density at radius 3 is 2.62 bits per heavy atom. The fraction of sp³-hybridized carbons (Fsp3) is 0.647. The van der Waals surface area contributed by atoms with E-state index in [2.05, 4.69) is 25.8 Å². The second-order valence-electron chi connectivity index (χ2n) is 7.28. The Bertz CT molecular complexity index is 631. The Morgan fingerprint density at radius 2 is 2.05 bits per heavy atom. The number of carbonyl (C=O) groups is 1. The normalized spacial score (nSPS) is 33.1. The van der Waals surface area contributed by atoms with Gasteiger partial charge in [-0.2, -0.15) is 0 Å². The minimum absolute atomic E-state index is 0.0602. The molecule has 0 aliphatic heterocycles. The van der Waals surface area contributed by atoms with Crippen molar-refractivity contribution >= 4 is 5.97 Å². The Balaban J connectivity index is 1.73. The molecule has 1 aromatic heterocycles. The first-order chi connectivity index (χ1) is 9.80. The molecular weight excluding hydrogens is 266 g/mol. The van der Waals surface area contributed by atoms with E-state index in [1.54, 1.807) is 19.1 Å². The standard InChI is InChI=1S/C17H23NO3/c1-9-5-6-12(15(19)18-9)16(20)21-14-8-11-7-13(10(14)2)17(11,3)4/h5-6,10-11,13-14H,7-8H2,1-4H3,(H,18,19)/t10-,11-,13+,14+/m1/s1. The van der Waals surface area contributed by atoms with Gasteiger partial charge in [-0.15, -0.1) is 0 Å². The number of aromatic amines is 1. The number of hydrogen-bond acceptors (Lipinski definition) is 3. The number of H-pyrrole nitrogens is 1. The molecule has 1 heterocycles. The van der Waals surface area contributed by atoms with Crippen LogP contribution < -0.4 is 5.56 Å². The highest BCUT2D eigenvalue weighted by Crippen LogP contribution is 2.61. The third-order valence-electron chi connectivity index (χ3n) is 5.82. The predicted molar refractivity (Wildman–Crippen MR) is 80.2 cm³/mol. The van der Waals surface area contributed by atoms with Crippen LogP contribution in [0.5, 0.6) is 0 Å². The van der Waals surface area contributed by atoms with Crippen molar-refractivity contribution in [3.63, 3.8) is 0 Å². The predicted octanol–water partition coefficient (Wildman–Crippen LogP) is 2.91. The van der Waals surface area contributed by atoms with Gasteiger partial charge in [0, 0.05) is 5.69 Å². The molecule has 2 bridgehead atoms. The molecule has 21 heavy (non-hydrogen) atoms. The highest BCUT2D eigenvalue weighted by atomic mass is 16.5. The molecule has 0 unspecified atom stereocenters. The molecule has 4 rings (SSSR count). The molecule has 3 saturated carbocycles. The van der Waals surface area contributed by atoms with Crippen molar-refractivity contribution in [1.29, 1.82) is 0 Å². The zero-order valence-corrected chi connectivity index (χ0v) is 13.1. The highest BCUT2D eigenvalue weighted by Gasteiger charge is 2.57. The number of aryl methyl sites for hydroxylation is 1. The largest absolute Gasteiger partial charge is 0.458 e. The summed E-state index contributed by atoms with van der Waals surface area (Å²) in [6.07, 6.45) is 2.10. The van der Waals surface area contributed by atoms with E-state index >= 15 is 0 Å². The van der Waals surface area contributed by atoms with E-state index in [1.807, 2.05) is 0 Å². The lowest BCUT2D eigenvalue weighted by molar-refractivity contribution is -0.156. The average molecular weight is 289 g/mol. The first-order valence-corrected chi connectivity index (χ1v) is 7.71. The smallest absolute Gasteiger partial charge is 0.344 e. The Kier molecular flexibility index (Phi) is 3.23. The fourth-order valence-corrected chi connectivity index (χ4v) is 4.19. The number of esters is 1. The van der Waals surface area contributed by atoms with Gasteiger partial charge >= 0.3 is 5.97 Å². The minimum atomic E-state index is -0.493. The molecule has 4 nitrogen and oxygen atoms in total. The van der Waals surface area contributed by atoms with Gasteiger partial charge in [0.1, 0.15) is 11.7 Å². The molecule has 3 aliphatic carbocycles. The van der Waals surface area contributed by atoms with Gasteiger partial charge in [0.2, 0.25) is 0 Å². The first-order valence-electron chi connectivity index (χ1n) is 7.71. The maximum atomic E-state index is 12.2. The maximum Gasteiger partial charge on any atom is 0.344 e. The van der Waals surface area contributed by atoms with Crippen LogP contribution in [-0.4, -0.2) is 17.1 Å². The van der Waals surface area contributed by atoms with Gasteiger partial charge in [0.05, 0.1) is 0 Å². The minimum Gasteiger partial charge on any atom is -0.458 e. The van der Waals surface area contributed by atoms with E-state index in [-0.39, 0.29) is 17.2 Å². The molecule has 0 aromatic carbocycles. The molecule has 0 saturated heterocycles. The van der Waals surface area contributed by atoms with Gasteiger partial charge in [-0.05, 0) is 55.1 Å². The van der Waals surface area contributed by atoms with Gasteiger partial charge < -0.3 is 9.72 Å². The van der Waals surface area contributed by atoms with E-state index < -0.39 is 5.97 Å².